The van der Waals surface area contributed by atoms with Gasteiger partial charge in [0.2, 0.25) is 0 Å². The number of hydrogen-bond acceptors (Lipinski definition) is 6. The van der Waals surface area contributed by atoms with E-state index in [2.05, 4.69) is 15.0 Å². The Morgan fingerprint density at radius 1 is 1.09 bits per heavy atom. The molecule has 6 nitrogen and oxygen atoms in total. The number of hydrogen-bond donors (Lipinski definition) is 0. The smallest absolute Gasteiger partial charge is 0.416 e. The molecule has 0 aliphatic carbocycles. The van der Waals surface area contributed by atoms with E-state index in [1.165, 1.54) is 20.3 Å². The molecule has 174 valence electrons. The predicted octanol–water partition coefficient (Wildman–Crippen LogP) is 5.77. The largest absolute Gasteiger partial charge is 0.471 e. The van der Waals surface area contributed by atoms with Gasteiger partial charge in [-0.1, -0.05) is 40.1 Å². The zero-order valence-corrected chi connectivity index (χ0v) is 19.0. The average Bonchev–Trinajstić information content (AvgIpc) is 2.74. The van der Waals surface area contributed by atoms with Crippen LogP contribution in [0.15, 0.2) is 46.7 Å². The highest BCUT2D eigenvalue weighted by Crippen LogP contribution is 2.32. The van der Waals surface area contributed by atoms with Gasteiger partial charge in [0.1, 0.15) is 13.7 Å². The molecule has 0 radical (unpaired) electrons. The molecule has 0 aliphatic rings. The molecule has 0 atom stereocenters. The third-order valence-corrected chi connectivity index (χ3v) is 4.40. The molecule has 0 saturated carbocycles. The molecule has 2 rings (SSSR count). The fourth-order valence-corrected chi connectivity index (χ4v) is 2.86. The molecule has 32 heavy (non-hydrogen) atoms. The summed E-state index contributed by atoms with van der Waals surface area (Å²) < 4.78 is 42.7. The lowest BCUT2D eigenvalue weighted by Crippen LogP contribution is -2.08. The summed E-state index contributed by atoms with van der Waals surface area (Å²) in [5.41, 5.74) is 3.04. The van der Waals surface area contributed by atoms with Crippen molar-refractivity contribution in [3.63, 3.8) is 0 Å². The van der Waals surface area contributed by atoms with Crippen LogP contribution in [0.5, 0.6) is 0 Å². The van der Waals surface area contributed by atoms with Gasteiger partial charge in [0.25, 0.3) is 6.47 Å². The van der Waals surface area contributed by atoms with Crippen LogP contribution >= 0.6 is 11.6 Å². The number of ether oxygens (including phenoxy) is 1. The number of oxime groups is 2. The van der Waals surface area contributed by atoms with E-state index in [1.807, 2.05) is 25.1 Å². The number of carbonyl (C=O) groups is 1. The molecule has 10 heteroatoms. The van der Waals surface area contributed by atoms with Crippen LogP contribution in [0.2, 0.25) is 5.02 Å². The number of rotatable bonds is 7. The number of alkyl halides is 3. The summed E-state index contributed by atoms with van der Waals surface area (Å²) in [6, 6.07) is 8.97. The van der Waals surface area contributed by atoms with Gasteiger partial charge in [-0.15, -0.1) is 0 Å². The summed E-state index contributed by atoms with van der Waals surface area (Å²) in [7, 11) is 2.77. The van der Waals surface area contributed by atoms with Gasteiger partial charge in [0, 0.05) is 21.7 Å². The number of carbonyl (C=O) groups excluding carboxylic acids is 1. The third kappa shape index (κ3) is 8.22. The van der Waals surface area contributed by atoms with E-state index in [0.29, 0.717) is 12.2 Å². The molecule has 0 unspecified atom stereocenters. The maximum absolute atomic E-state index is 13.0. The molecule has 0 amide bonds. The van der Waals surface area contributed by atoms with Crippen LogP contribution in [0.25, 0.3) is 0 Å². The number of aryl methyl sites for hydroxylation is 1. The molecular weight excluding hydrogens is 449 g/mol. The van der Waals surface area contributed by atoms with Crippen molar-refractivity contribution in [2.75, 3.05) is 14.2 Å². The molecule has 2 aromatic rings. The normalized spacial score (nSPS) is 11.9. The van der Waals surface area contributed by atoms with Crippen molar-refractivity contribution >= 4 is 29.5 Å². The van der Waals surface area contributed by atoms with Crippen molar-refractivity contribution in [3.05, 3.63) is 69.2 Å². The minimum Gasteiger partial charge on any atom is -0.471 e. The number of halogens is 4. The van der Waals surface area contributed by atoms with Crippen LogP contribution in [0, 0.1) is 6.92 Å². The van der Waals surface area contributed by atoms with Gasteiger partial charge in [-0.2, -0.15) is 13.2 Å². The van der Waals surface area contributed by atoms with E-state index in [0.717, 1.165) is 28.8 Å². The van der Waals surface area contributed by atoms with Crippen molar-refractivity contribution < 1.29 is 32.4 Å². The first-order chi connectivity index (χ1) is 15.0. The van der Waals surface area contributed by atoms with E-state index < -0.39 is 11.7 Å². The average molecular weight is 473 g/mol. The van der Waals surface area contributed by atoms with E-state index in [1.54, 1.807) is 13.8 Å². The molecule has 0 aromatic heterocycles. The highest BCUT2D eigenvalue weighted by Gasteiger charge is 2.31. The van der Waals surface area contributed by atoms with Crippen molar-refractivity contribution in [2.45, 2.75) is 33.6 Å². The fraction of sp³-hybridized carbons (Fsp3) is 0.318. The second-order valence-corrected chi connectivity index (χ2v) is 6.91. The van der Waals surface area contributed by atoms with Crippen molar-refractivity contribution in [1.82, 2.24) is 0 Å². The molecule has 0 fully saturated rings. The zero-order chi connectivity index (χ0) is 24.3. The summed E-state index contributed by atoms with van der Waals surface area (Å²) in [5, 5.41) is 7.87. The van der Waals surface area contributed by atoms with Gasteiger partial charge in [-0.25, -0.2) is 0 Å². The summed E-state index contributed by atoms with van der Waals surface area (Å²) >= 11 is 5.82. The fourth-order valence-electron chi connectivity index (χ4n) is 2.63. The Kier molecular flexibility index (Phi) is 10.7. The minimum atomic E-state index is -4.49. The summed E-state index contributed by atoms with van der Waals surface area (Å²) in [5.74, 6) is 0. The van der Waals surface area contributed by atoms with Crippen molar-refractivity contribution in [1.29, 1.82) is 0 Å². The second kappa shape index (κ2) is 12.7. The Balaban J connectivity index is 0.00000118. The number of nitrogens with zero attached hydrogens (tertiary/aromatic N) is 2. The van der Waals surface area contributed by atoms with Crippen LogP contribution < -0.4 is 0 Å². The SMILES string of the molecule is CO/N=C(/C)c1cccc(C)c1CO/N=C(\C)c1cc(Cl)cc(C(F)(F)F)c1.COC=O. The van der Waals surface area contributed by atoms with Gasteiger partial charge >= 0.3 is 6.18 Å². The molecule has 0 aliphatic heterocycles. The Morgan fingerprint density at radius 3 is 2.31 bits per heavy atom. The molecule has 0 N–H and O–H groups in total. The highest BCUT2D eigenvalue weighted by atomic mass is 35.5. The van der Waals surface area contributed by atoms with E-state index in [-0.39, 0.29) is 22.9 Å². The quantitative estimate of drug-likeness (QED) is 0.291. The first-order valence-corrected chi connectivity index (χ1v) is 9.60. The lowest BCUT2D eigenvalue weighted by molar-refractivity contribution is -0.137. The number of methoxy groups -OCH3 is 1. The first-order valence-electron chi connectivity index (χ1n) is 9.22. The molecule has 0 spiro atoms. The third-order valence-electron chi connectivity index (χ3n) is 4.18. The van der Waals surface area contributed by atoms with Gasteiger partial charge in [-0.3, -0.25) is 4.79 Å². The van der Waals surface area contributed by atoms with Crippen LogP contribution in [0.3, 0.4) is 0 Å². The maximum atomic E-state index is 13.0. The van der Waals surface area contributed by atoms with Crippen molar-refractivity contribution in [3.8, 4) is 0 Å². The van der Waals surface area contributed by atoms with E-state index >= 15 is 0 Å². The summed E-state index contributed by atoms with van der Waals surface area (Å²) in [6.07, 6.45) is -4.49. The van der Waals surface area contributed by atoms with Crippen LogP contribution in [0.4, 0.5) is 13.2 Å². The predicted molar refractivity (Wildman–Crippen MR) is 117 cm³/mol. The topological polar surface area (TPSA) is 69.5 Å². The van der Waals surface area contributed by atoms with Gasteiger partial charge in [-0.05, 0) is 44.5 Å². The lowest BCUT2D eigenvalue weighted by Gasteiger charge is -2.12. The first kappa shape index (κ1) is 27.0. The standard InChI is InChI=1S/C20H20ClF3N2O2.C2H4O2/c1-12-6-5-7-18(14(3)25-27-4)19(12)11-28-26-13(2)15-8-16(20(22,23)24)10-17(21)9-15;1-4-2-3/h5-10H,11H2,1-4H3;2H,1H3/b25-14-,26-13+;. The zero-order valence-electron chi connectivity index (χ0n) is 18.3. The van der Waals surface area contributed by atoms with Crippen LogP contribution in [-0.4, -0.2) is 32.1 Å². The van der Waals surface area contributed by atoms with Gasteiger partial charge < -0.3 is 14.4 Å². The lowest BCUT2D eigenvalue weighted by atomic mass is 10.00. The number of benzene rings is 2. The highest BCUT2D eigenvalue weighted by molar-refractivity contribution is 6.31. The summed E-state index contributed by atoms with van der Waals surface area (Å²) in [6.45, 7) is 5.79. The second-order valence-electron chi connectivity index (χ2n) is 6.47. The molecule has 0 saturated heterocycles. The Labute approximate surface area is 189 Å². The monoisotopic (exact) mass is 472 g/mol. The Bertz CT molecular complexity index is 976. The van der Waals surface area contributed by atoms with E-state index in [4.69, 9.17) is 26.1 Å². The maximum Gasteiger partial charge on any atom is 0.416 e. The molecule has 0 heterocycles. The van der Waals surface area contributed by atoms with E-state index in [9.17, 15) is 13.2 Å². The Morgan fingerprint density at radius 2 is 1.75 bits per heavy atom. The minimum absolute atomic E-state index is 0.0213. The van der Waals surface area contributed by atoms with Crippen LogP contribution in [-0.2, 0) is 32.0 Å². The van der Waals surface area contributed by atoms with Gasteiger partial charge in [0.05, 0.1) is 24.1 Å². The molecular formula is C22H24ClF3N2O4. The molecule has 0 bridgehead atoms. The van der Waals surface area contributed by atoms with Crippen LogP contribution in [0.1, 0.15) is 41.7 Å². The Hall–Kier alpha value is -3.07. The molecule has 2 aromatic carbocycles. The summed E-state index contributed by atoms with van der Waals surface area (Å²) in [4.78, 5) is 19.2. The van der Waals surface area contributed by atoms with Crippen molar-refractivity contribution in [2.24, 2.45) is 10.3 Å². The van der Waals surface area contributed by atoms with Gasteiger partial charge in [0.15, 0.2) is 0 Å².